The number of carbonyl (C=O) groups excluding carboxylic acids is 1. The lowest BCUT2D eigenvalue weighted by molar-refractivity contribution is -0.127. The smallest absolute Gasteiger partial charge is 0.249 e. The highest BCUT2D eigenvalue weighted by molar-refractivity contribution is 5.94. The third-order valence-corrected chi connectivity index (χ3v) is 3.63. The molecule has 2 bridgehead atoms. The van der Waals surface area contributed by atoms with Crippen molar-refractivity contribution in [2.75, 3.05) is 13.1 Å². The minimum atomic E-state index is 0.294. The summed E-state index contributed by atoms with van der Waals surface area (Å²) < 4.78 is 0. The first-order valence-corrected chi connectivity index (χ1v) is 5.77. The first-order valence-electron chi connectivity index (χ1n) is 5.77. The lowest BCUT2D eigenvalue weighted by atomic mass is 9.97. The van der Waals surface area contributed by atoms with Crippen molar-refractivity contribution in [3.05, 3.63) is 11.6 Å². The summed E-state index contributed by atoms with van der Waals surface area (Å²) in [6, 6.07) is 0. The van der Waals surface area contributed by atoms with E-state index in [0.717, 1.165) is 24.6 Å². The van der Waals surface area contributed by atoms with Crippen molar-refractivity contribution in [2.24, 2.45) is 11.8 Å². The number of carbonyl (C=O) groups is 1. The summed E-state index contributed by atoms with van der Waals surface area (Å²) in [4.78, 5) is 14.0. The maximum atomic E-state index is 12.1. The van der Waals surface area contributed by atoms with Gasteiger partial charge in [-0.15, -0.1) is 0 Å². The molecule has 1 amide bonds. The highest BCUT2D eigenvalue weighted by atomic mass is 16.2. The van der Waals surface area contributed by atoms with Crippen LogP contribution in [-0.2, 0) is 4.79 Å². The molecule has 0 N–H and O–H groups in total. The Bertz CT molecular complexity index is 265. The van der Waals surface area contributed by atoms with Gasteiger partial charge in [-0.2, -0.15) is 0 Å². The van der Waals surface area contributed by atoms with Crippen molar-refractivity contribution in [1.29, 1.82) is 0 Å². The summed E-state index contributed by atoms with van der Waals surface area (Å²) >= 11 is 0. The van der Waals surface area contributed by atoms with Crippen LogP contribution in [0.15, 0.2) is 11.6 Å². The quantitative estimate of drug-likeness (QED) is 0.673. The van der Waals surface area contributed by atoms with Gasteiger partial charge in [-0.1, -0.05) is 6.08 Å². The van der Waals surface area contributed by atoms with Gasteiger partial charge in [0.1, 0.15) is 0 Å². The first-order chi connectivity index (χ1) is 6.76. The van der Waals surface area contributed by atoms with Gasteiger partial charge in [0.05, 0.1) is 0 Å². The van der Waals surface area contributed by atoms with Crippen LogP contribution in [0.3, 0.4) is 0 Å². The summed E-state index contributed by atoms with van der Waals surface area (Å²) in [5.41, 5.74) is 1.12. The molecule has 0 radical (unpaired) electrons. The number of likely N-dealkylation sites (N-methyl/N-ethyl adjacent to an activating group) is 1. The fraction of sp³-hybridized carbons (Fsp3) is 0.750. The number of allylic oxidation sites excluding steroid dienone is 1. The van der Waals surface area contributed by atoms with E-state index < -0.39 is 0 Å². The van der Waals surface area contributed by atoms with Crippen molar-refractivity contribution in [3.8, 4) is 0 Å². The summed E-state index contributed by atoms with van der Waals surface area (Å²) in [5.74, 6) is 1.60. The van der Waals surface area contributed by atoms with E-state index >= 15 is 0 Å². The lowest BCUT2D eigenvalue weighted by Gasteiger charge is -2.22. The van der Waals surface area contributed by atoms with Crippen molar-refractivity contribution >= 4 is 5.91 Å². The Balaban J connectivity index is 2.09. The molecule has 2 aliphatic carbocycles. The monoisotopic (exact) mass is 193 g/mol. The zero-order chi connectivity index (χ0) is 10.1. The Morgan fingerprint density at radius 3 is 2.57 bits per heavy atom. The summed E-state index contributed by atoms with van der Waals surface area (Å²) in [6.07, 6.45) is 6.01. The van der Waals surface area contributed by atoms with Crippen LogP contribution < -0.4 is 0 Å². The number of nitrogens with zero attached hydrogens (tertiary/aromatic N) is 1. The summed E-state index contributed by atoms with van der Waals surface area (Å²) in [6.45, 7) is 5.78. The topological polar surface area (TPSA) is 20.3 Å². The molecular weight excluding hydrogens is 174 g/mol. The molecule has 0 spiro atoms. The van der Waals surface area contributed by atoms with Crippen LogP contribution in [-0.4, -0.2) is 23.9 Å². The number of fused-ring (bicyclic) bond motifs is 2. The zero-order valence-corrected chi connectivity index (χ0v) is 9.12. The third-order valence-electron chi connectivity index (χ3n) is 3.63. The Kier molecular flexibility index (Phi) is 2.62. The molecule has 0 aromatic rings. The number of amides is 1. The predicted octanol–water partition coefficient (Wildman–Crippen LogP) is 2.21. The van der Waals surface area contributed by atoms with Gasteiger partial charge in [-0.05, 0) is 44.9 Å². The average molecular weight is 193 g/mol. The molecule has 0 saturated heterocycles. The van der Waals surface area contributed by atoms with Crippen LogP contribution >= 0.6 is 0 Å². The fourth-order valence-electron chi connectivity index (χ4n) is 2.78. The van der Waals surface area contributed by atoms with E-state index in [4.69, 9.17) is 0 Å². The molecule has 78 valence electrons. The molecule has 1 saturated carbocycles. The van der Waals surface area contributed by atoms with Gasteiger partial charge in [-0.25, -0.2) is 0 Å². The van der Waals surface area contributed by atoms with E-state index in [1.165, 1.54) is 19.3 Å². The summed E-state index contributed by atoms with van der Waals surface area (Å²) in [5, 5.41) is 0. The Hall–Kier alpha value is -0.790. The molecule has 2 aliphatic rings. The Morgan fingerprint density at radius 1 is 1.43 bits per heavy atom. The maximum Gasteiger partial charge on any atom is 0.249 e. The molecule has 2 nitrogen and oxygen atoms in total. The maximum absolute atomic E-state index is 12.1. The normalized spacial score (nSPS) is 29.1. The van der Waals surface area contributed by atoms with Crippen LogP contribution in [0, 0.1) is 11.8 Å². The molecule has 0 aromatic carbocycles. The molecule has 0 heterocycles. The summed E-state index contributed by atoms with van der Waals surface area (Å²) in [7, 11) is 0. The van der Waals surface area contributed by atoms with Crippen LogP contribution in [0.2, 0.25) is 0 Å². The second-order valence-corrected chi connectivity index (χ2v) is 4.37. The molecule has 2 unspecified atom stereocenters. The number of hydrogen-bond acceptors (Lipinski definition) is 1. The zero-order valence-electron chi connectivity index (χ0n) is 9.12. The number of rotatable bonds is 3. The molecular formula is C12H19NO. The highest BCUT2D eigenvalue weighted by Crippen LogP contribution is 2.44. The van der Waals surface area contributed by atoms with Crippen LogP contribution in [0.4, 0.5) is 0 Å². The van der Waals surface area contributed by atoms with Crippen LogP contribution in [0.25, 0.3) is 0 Å². The van der Waals surface area contributed by atoms with Gasteiger partial charge < -0.3 is 4.90 Å². The van der Waals surface area contributed by atoms with Gasteiger partial charge in [-0.3, -0.25) is 4.79 Å². The highest BCUT2D eigenvalue weighted by Gasteiger charge is 2.36. The second kappa shape index (κ2) is 3.76. The van der Waals surface area contributed by atoms with Gasteiger partial charge in [0.25, 0.3) is 0 Å². The average Bonchev–Trinajstić information content (AvgIpc) is 2.80. The third kappa shape index (κ3) is 1.47. The predicted molar refractivity (Wildman–Crippen MR) is 56.8 cm³/mol. The lowest BCUT2D eigenvalue weighted by Crippen LogP contribution is -2.33. The SMILES string of the molecule is CCN(CC)C(=O)C1=CC2CCC1C2. The minimum Gasteiger partial charge on any atom is -0.339 e. The van der Waals surface area contributed by atoms with Crippen molar-refractivity contribution in [2.45, 2.75) is 33.1 Å². The van der Waals surface area contributed by atoms with E-state index in [1.54, 1.807) is 0 Å². The van der Waals surface area contributed by atoms with E-state index in [2.05, 4.69) is 19.9 Å². The molecule has 2 heteroatoms. The molecule has 2 atom stereocenters. The van der Waals surface area contributed by atoms with Crippen LogP contribution in [0.1, 0.15) is 33.1 Å². The van der Waals surface area contributed by atoms with Gasteiger partial charge in [0.2, 0.25) is 5.91 Å². The van der Waals surface area contributed by atoms with E-state index in [1.807, 2.05) is 4.90 Å². The van der Waals surface area contributed by atoms with Gasteiger partial charge >= 0.3 is 0 Å². The molecule has 14 heavy (non-hydrogen) atoms. The Labute approximate surface area is 86.0 Å². The second-order valence-electron chi connectivity index (χ2n) is 4.37. The van der Waals surface area contributed by atoms with E-state index in [-0.39, 0.29) is 0 Å². The van der Waals surface area contributed by atoms with Crippen molar-refractivity contribution in [3.63, 3.8) is 0 Å². The standard InChI is InChI=1S/C12H19NO/c1-3-13(4-2)12(14)11-8-9-5-6-10(11)7-9/h8-10H,3-7H2,1-2H3. The first kappa shape index (κ1) is 9.75. The van der Waals surface area contributed by atoms with Gasteiger partial charge in [0.15, 0.2) is 0 Å². The Morgan fingerprint density at radius 2 is 2.14 bits per heavy atom. The van der Waals surface area contributed by atoms with E-state index in [0.29, 0.717) is 11.8 Å². The van der Waals surface area contributed by atoms with Gasteiger partial charge in [0, 0.05) is 18.7 Å². The van der Waals surface area contributed by atoms with E-state index in [9.17, 15) is 4.79 Å². The van der Waals surface area contributed by atoms with Crippen molar-refractivity contribution in [1.82, 2.24) is 4.90 Å². The molecule has 0 aromatic heterocycles. The molecule has 1 fully saturated rings. The largest absolute Gasteiger partial charge is 0.339 e. The van der Waals surface area contributed by atoms with Crippen LogP contribution in [0.5, 0.6) is 0 Å². The van der Waals surface area contributed by atoms with Crippen molar-refractivity contribution < 1.29 is 4.79 Å². The molecule has 0 aliphatic heterocycles. The fourth-order valence-corrected chi connectivity index (χ4v) is 2.78. The number of hydrogen-bond donors (Lipinski definition) is 0. The minimum absolute atomic E-state index is 0.294. The molecule has 2 rings (SSSR count).